The topological polar surface area (TPSA) is 85.3 Å². The lowest BCUT2D eigenvalue weighted by Crippen LogP contribution is -2.54. The van der Waals surface area contributed by atoms with Gasteiger partial charge in [0.25, 0.3) is 0 Å². The smallest absolute Gasteiger partial charge is 0.475 e. The van der Waals surface area contributed by atoms with Crippen molar-refractivity contribution in [2.24, 2.45) is 11.8 Å². The Kier molecular flexibility index (Phi) is 10.2. The standard InChI is InChI=1S/C17H23NO3.C13H16O.C2HF3O2/c1-17(2,3)21-16(19)18-10-13(11-18)15-14-7-5-4-6-12(14)8-9-20-15;1-2-7-12-10(4-1)8-9-14-13(12)11-5-3-6-11;3-2(4,5)1(6)7/h4-7,13,15H,8-11H2,1-3H3;1-2,4,7,11,13H,3,5-6,8-9H2;(H,6,7)/t15-;13-;/m11./s1. The summed E-state index contributed by atoms with van der Waals surface area (Å²) >= 11 is 0. The summed E-state index contributed by atoms with van der Waals surface area (Å²) in [5, 5.41) is 7.12. The lowest BCUT2D eigenvalue weighted by Gasteiger charge is -2.44. The van der Waals surface area contributed by atoms with Crippen LogP contribution < -0.4 is 0 Å². The molecule has 4 aliphatic rings. The molecule has 1 saturated heterocycles. The highest BCUT2D eigenvalue weighted by molar-refractivity contribution is 5.73. The molecule has 0 radical (unpaired) electrons. The number of alkyl halides is 3. The van der Waals surface area contributed by atoms with Crippen LogP contribution in [0.25, 0.3) is 0 Å². The van der Waals surface area contributed by atoms with Gasteiger partial charge in [0.2, 0.25) is 0 Å². The molecular formula is C32H40F3NO6. The Hall–Kier alpha value is -3.11. The second-order valence-electron chi connectivity index (χ2n) is 12.1. The van der Waals surface area contributed by atoms with Crippen molar-refractivity contribution in [1.29, 1.82) is 0 Å². The van der Waals surface area contributed by atoms with Crippen LogP contribution >= 0.6 is 0 Å². The molecule has 10 heteroatoms. The highest BCUT2D eigenvalue weighted by atomic mass is 19.4. The first-order chi connectivity index (χ1) is 19.8. The van der Waals surface area contributed by atoms with Gasteiger partial charge in [0, 0.05) is 19.0 Å². The van der Waals surface area contributed by atoms with Gasteiger partial charge in [0.15, 0.2) is 0 Å². The number of carbonyl (C=O) groups excluding carboxylic acids is 1. The number of carbonyl (C=O) groups is 2. The summed E-state index contributed by atoms with van der Waals surface area (Å²) in [5.41, 5.74) is 5.21. The molecule has 0 spiro atoms. The SMILES string of the molecule is CC(C)(C)OC(=O)N1CC([C@H]2OCCc3ccccc32)C1.O=C(O)C(F)(F)F.c1ccc2c(c1)CCO[C@@H]2C1CCC1. The molecule has 1 aliphatic carbocycles. The Labute approximate surface area is 244 Å². The van der Waals surface area contributed by atoms with E-state index >= 15 is 0 Å². The molecule has 1 N–H and O–H groups in total. The number of amides is 1. The minimum absolute atomic E-state index is 0.119. The molecule has 7 nitrogen and oxygen atoms in total. The summed E-state index contributed by atoms with van der Waals surface area (Å²) in [6, 6.07) is 17.2. The molecule has 0 unspecified atom stereocenters. The van der Waals surface area contributed by atoms with Crippen LogP contribution in [0.1, 0.15) is 74.5 Å². The van der Waals surface area contributed by atoms with Crippen molar-refractivity contribution in [1.82, 2.24) is 4.90 Å². The average Bonchev–Trinajstić information content (AvgIpc) is 2.86. The van der Waals surface area contributed by atoms with Crippen molar-refractivity contribution in [3.05, 3.63) is 70.8 Å². The molecule has 1 saturated carbocycles. The van der Waals surface area contributed by atoms with E-state index in [2.05, 4.69) is 48.5 Å². The zero-order valence-corrected chi connectivity index (χ0v) is 24.4. The largest absolute Gasteiger partial charge is 0.490 e. The summed E-state index contributed by atoms with van der Waals surface area (Å²) in [6.07, 6.45) is 1.42. The van der Waals surface area contributed by atoms with Gasteiger partial charge in [-0.3, -0.25) is 0 Å². The number of ether oxygens (including phenoxy) is 3. The maximum absolute atomic E-state index is 12.0. The van der Waals surface area contributed by atoms with Crippen molar-refractivity contribution in [3.8, 4) is 0 Å². The highest BCUT2D eigenvalue weighted by Crippen LogP contribution is 2.43. The van der Waals surface area contributed by atoms with Crippen LogP contribution in [0.3, 0.4) is 0 Å². The third-order valence-corrected chi connectivity index (χ3v) is 7.87. The second kappa shape index (κ2) is 13.5. The average molecular weight is 592 g/mol. The Balaban J connectivity index is 0.000000165. The quantitative estimate of drug-likeness (QED) is 0.409. The van der Waals surface area contributed by atoms with Gasteiger partial charge in [-0.1, -0.05) is 55.0 Å². The molecule has 3 heterocycles. The second-order valence-corrected chi connectivity index (χ2v) is 12.1. The number of rotatable bonds is 2. The van der Waals surface area contributed by atoms with Crippen LogP contribution in [0.2, 0.25) is 0 Å². The maximum atomic E-state index is 12.0. The summed E-state index contributed by atoms with van der Waals surface area (Å²) < 4.78 is 49.0. The third-order valence-electron chi connectivity index (χ3n) is 7.87. The molecule has 230 valence electrons. The van der Waals surface area contributed by atoms with E-state index in [4.69, 9.17) is 24.1 Å². The molecule has 3 aliphatic heterocycles. The highest BCUT2D eigenvalue weighted by Gasteiger charge is 2.41. The van der Waals surface area contributed by atoms with Gasteiger partial charge < -0.3 is 24.2 Å². The van der Waals surface area contributed by atoms with Crippen LogP contribution in [0.4, 0.5) is 18.0 Å². The van der Waals surface area contributed by atoms with E-state index in [1.807, 2.05) is 20.8 Å². The zero-order valence-electron chi connectivity index (χ0n) is 24.4. The molecular weight excluding hydrogens is 551 g/mol. The normalized spacial score (nSPS) is 22.0. The van der Waals surface area contributed by atoms with Crippen molar-refractivity contribution in [3.63, 3.8) is 0 Å². The predicted octanol–water partition coefficient (Wildman–Crippen LogP) is 6.90. The van der Waals surface area contributed by atoms with Crippen LogP contribution in [0.15, 0.2) is 48.5 Å². The number of carboxylic acids is 1. The minimum atomic E-state index is -5.08. The van der Waals surface area contributed by atoms with Crippen LogP contribution in [0.5, 0.6) is 0 Å². The number of hydrogen-bond acceptors (Lipinski definition) is 5. The molecule has 2 atom stereocenters. The Bertz CT molecular complexity index is 1220. The van der Waals surface area contributed by atoms with E-state index in [0.29, 0.717) is 25.1 Å². The number of benzene rings is 2. The van der Waals surface area contributed by atoms with Gasteiger partial charge in [0.05, 0.1) is 25.4 Å². The Morgan fingerprint density at radius 2 is 1.29 bits per heavy atom. The number of nitrogens with zero attached hydrogens (tertiary/aromatic N) is 1. The monoisotopic (exact) mass is 591 g/mol. The number of halogens is 3. The molecule has 6 rings (SSSR count). The summed E-state index contributed by atoms with van der Waals surface area (Å²) in [6.45, 7) is 8.79. The first-order valence-electron chi connectivity index (χ1n) is 14.5. The maximum Gasteiger partial charge on any atom is 0.490 e. The van der Waals surface area contributed by atoms with Gasteiger partial charge in [-0.15, -0.1) is 0 Å². The summed E-state index contributed by atoms with van der Waals surface area (Å²) in [7, 11) is 0. The van der Waals surface area contributed by atoms with E-state index in [9.17, 15) is 18.0 Å². The number of fused-ring (bicyclic) bond motifs is 2. The van der Waals surface area contributed by atoms with Gasteiger partial charge in [0.1, 0.15) is 5.60 Å². The molecule has 2 fully saturated rings. The summed E-state index contributed by atoms with van der Waals surface area (Å²) in [4.78, 5) is 22.6. The van der Waals surface area contributed by atoms with E-state index < -0.39 is 17.7 Å². The minimum Gasteiger partial charge on any atom is -0.475 e. The van der Waals surface area contributed by atoms with E-state index in [-0.39, 0.29) is 12.2 Å². The van der Waals surface area contributed by atoms with Crippen molar-refractivity contribution in [2.75, 3.05) is 26.3 Å². The number of likely N-dealkylation sites (tertiary alicyclic amines) is 1. The molecule has 2 aromatic rings. The molecule has 1 amide bonds. The lowest BCUT2D eigenvalue weighted by atomic mass is 9.77. The molecule has 0 bridgehead atoms. The van der Waals surface area contributed by atoms with E-state index in [1.165, 1.54) is 41.5 Å². The zero-order chi connectivity index (χ0) is 30.5. The Morgan fingerprint density at radius 1 is 0.833 bits per heavy atom. The summed E-state index contributed by atoms with van der Waals surface area (Å²) in [5.74, 6) is -1.58. The first-order valence-corrected chi connectivity index (χ1v) is 14.5. The van der Waals surface area contributed by atoms with Gasteiger partial charge >= 0.3 is 18.2 Å². The Morgan fingerprint density at radius 3 is 1.69 bits per heavy atom. The fraction of sp³-hybridized carbons (Fsp3) is 0.562. The predicted molar refractivity (Wildman–Crippen MR) is 150 cm³/mol. The molecule has 2 aromatic carbocycles. The fourth-order valence-electron chi connectivity index (χ4n) is 5.55. The van der Waals surface area contributed by atoms with Gasteiger partial charge in [-0.25, -0.2) is 9.59 Å². The fourth-order valence-corrected chi connectivity index (χ4v) is 5.55. The lowest BCUT2D eigenvalue weighted by molar-refractivity contribution is -0.192. The number of hydrogen-bond donors (Lipinski definition) is 1. The van der Waals surface area contributed by atoms with E-state index in [1.54, 1.807) is 4.90 Å². The van der Waals surface area contributed by atoms with Crippen molar-refractivity contribution < 1.29 is 42.1 Å². The van der Waals surface area contributed by atoms with Gasteiger partial charge in [-0.05, 0) is 74.6 Å². The number of carboxylic acid groups (broad SMARTS) is 1. The molecule has 42 heavy (non-hydrogen) atoms. The number of aliphatic carboxylic acids is 1. The van der Waals surface area contributed by atoms with Crippen LogP contribution in [0, 0.1) is 11.8 Å². The van der Waals surface area contributed by atoms with Crippen LogP contribution in [-0.2, 0) is 31.8 Å². The van der Waals surface area contributed by atoms with E-state index in [0.717, 1.165) is 32.0 Å². The van der Waals surface area contributed by atoms with Crippen molar-refractivity contribution >= 4 is 12.1 Å². The van der Waals surface area contributed by atoms with Crippen LogP contribution in [-0.4, -0.2) is 60.1 Å². The third kappa shape index (κ3) is 8.25. The molecule has 0 aromatic heterocycles. The first kappa shape index (κ1) is 31.8. The van der Waals surface area contributed by atoms with Crippen molar-refractivity contribution in [2.45, 2.75) is 76.9 Å². The van der Waals surface area contributed by atoms with Gasteiger partial charge in [-0.2, -0.15) is 13.2 Å².